The van der Waals surface area contributed by atoms with E-state index in [9.17, 15) is 9.59 Å². The molecule has 0 saturated heterocycles. The average Bonchev–Trinajstić information content (AvgIpc) is 2.80. The molecule has 0 radical (unpaired) electrons. The molecular weight excluding hydrogens is 398 g/mol. The van der Waals surface area contributed by atoms with Gasteiger partial charge in [0.05, 0.1) is 6.42 Å². The van der Waals surface area contributed by atoms with Gasteiger partial charge in [0.25, 0.3) is 0 Å². The second kappa shape index (κ2) is 11.7. The maximum absolute atomic E-state index is 12.1. The number of hydrogen-bond donors (Lipinski definition) is 1. The predicted octanol–water partition coefficient (Wildman–Crippen LogP) is 5.36. The Hall–Kier alpha value is -3.66. The minimum Gasteiger partial charge on any atom is -0.459 e. The van der Waals surface area contributed by atoms with Gasteiger partial charge in [-0.25, -0.2) is 4.79 Å². The summed E-state index contributed by atoms with van der Waals surface area (Å²) < 4.78 is 5.33. The van der Waals surface area contributed by atoms with Crippen LogP contribution in [0, 0.1) is 6.92 Å². The van der Waals surface area contributed by atoms with Crippen LogP contribution in [0.1, 0.15) is 30.0 Å². The molecule has 4 nitrogen and oxygen atoms in total. The lowest BCUT2D eigenvalue weighted by Crippen LogP contribution is -2.29. The first-order valence-corrected chi connectivity index (χ1v) is 10.9. The molecule has 0 aliphatic heterocycles. The Labute approximate surface area is 189 Å². The molecule has 4 heteroatoms. The summed E-state index contributed by atoms with van der Waals surface area (Å²) in [5.74, 6) is -0.586. The number of rotatable bonds is 9. The summed E-state index contributed by atoms with van der Waals surface area (Å²) in [6.45, 7) is 4.34. The molecule has 1 atom stereocenters. The summed E-state index contributed by atoms with van der Waals surface area (Å²) in [5, 5.41) is 2.89. The van der Waals surface area contributed by atoms with E-state index in [-0.39, 0.29) is 12.3 Å². The number of amides is 1. The van der Waals surface area contributed by atoms with E-state index in [0.717, 1.165) is 23.1 Å². The highest BCUT2D eigenvalue weighted by Gasteiger charge is 2.12. The smallest absolute Gasteiger partial charge is 0.331 e. The quantitative estimate of drug-likeness (QED) is 0.370. The van der Waals surface area contributed by atoms with E-state index in [0.29, 0.717) is 6.54 Å². The number of carbonyl (C=O) groups excluding carboxylic acids is 2. The van der Waals surface area contributed by atoms with Crippen molar-refractivity contribution in [1.29, 1.82) is 0 Å². The third-order valence-corrected chi connectivity index (χ3v) is 5.20. The van der Waals surface area contributed by atoms with Crippen molar-refractivity contribution in [2.45, 2.75) is 32.8 Å². The van der Waals surface area contributed by atoms with Gasteiger partial charge in [0.1, 0.15) is 6.10 Å². The molecular formula is C28H29NO3. The van der Waals surface area contributed by atoms with Crippen LogP contribution in [0.3, 0.4) is 0 Å². The fourth-order valence-corrected chi connectivity index (χ4v) is 3.42. The van der Waals surface area contributed by atoms with Crippen molar-refractivity contribution in [2.75, 3.05) is 6.54 Å². The monoisotopic (exact) mass is 427 g/mol. The first-order chi connectivity index (χ1) is 15.5. The van der Waals surface area contributed by atoms with E-state index in [4.69, 9.17) is 4.74 Å². The standard InChI is InChI=1S/C28H29NO3/c1-21-8-6-7-9-24(21)18-19-29-27(30)20-22(2)32-28(31)17-14-23-12-15-26(16-13-23)25-10-4-3-5-11-25/h3-17,22H,18-20H2,1-2H3,(H,29,30)/b17-14+. The van der Waals surface area contributed by atoms with E-state index >= 15 is 0 Å². The number of nitrogens with one attached hydrogen (secondary N) is 1. The molecule has 0 heterocycles. The van der Waals surface area contributed by atoms with Crippen molar-refractivity contribution in [3.8, 4) is 11.1 Å². The number of benzene rings is 3. The minimum absolute atomic E-state index is 0.126. The van der Waals surface area contributed by atoms with Crippen LogP contribution in [-0.2, 0) is 20.7 Å². The number of aryl methyl sites for hydroxylation is 1. The SMILES string of the molecule is Cc1ccccc1CCNC(=O)CC(C)OC(=O)/C=C/c1ccc(-c2ccccc2)cc1. The molecule has 1 N–H and O–H groups in total. The lowest BCUT2D eigenvalue weighted by molar-refractivity contribution is -0.143. The fraction of sp³-hybridized carbons (Fsp3) is 0.214. The summed E-state index contributed by atoms with van der Waals surface area (Å²) in [6, 6.07) is 26.2. The first-order valence-electron chi connectivity index (χ1n) is 10.9. The van der Waals surface area contributed by atoms with Gasteiger partial charge in [-0.05, 0) is 54.2 Å². The summed E-state index contributed by atoms with van der Waals surface area (Å²) in [6.07, 6.45) is 3.53. The van der Waals surface area contributed by atoms with Gasteiger partial charge >= 0.3 is 5.97 Å². The van der Waals surface area contributed by atoms with Gasteiger partial charge in [-0.3, -0.25) is 4.79 Å². The molecule has 3 aromatic carbocycles. The number of ether oxygens (including phenoxy) is 1. The van der Waals surface area contributed by atoms with Crippen LogP contribution in [0.25, 0.3) is 17.2 Å². The lowest BCUT2D eigenvalue weighted by atomic mass is 10.0. The Bertz CT molecular complexity index is 1060. The molecule has 0 aliphatic carbocycles. The molecule has 164 valence electrons. The molecule has 1 amide bonds. The number of carbonyl (C=O) groups is 2. The Morgan fingerprint density at radius 3 is 2.28 bits per heavy atom. The maximum Gasteiger partial charge on any atom is 0.331 e. The van der Waals surface area contributed by atoms with Gasteiger partial charge in [-0.2, -0.15) is 0 Å². The highest BCUT2D eigenvalue weighted by atomic mass is 16.5. The van der Waals surface area contributed by atoms with Gasteiger partial charge < -0.3 is 10.1 Å². The molecule has 32 heavy (non-hydrogen) atoms. The Kier molecular flexibility index (Phi) is 8.38. The van der Waals surface area contributed by atoms with Gasteiger partial charge in [0.2, 0.25) is 5.91 Å². The Morgan fingerprint density at radius 1 is 0.906 bits per heavy atom. The molecule has 0 aromatic heterocycles. The molecule has 0 bridgehead atoms. The molecule has 3 rings (SSSR count). The number of esters is 1. The van der Waals surface area contributed by atoms with E-state index < -0.39 is 12.1 Å². The van der Waals surface area contributed by atoms with Crippen molar-refractivity contribution >= 4 is 18.0 Å². The van der Waals surface area contributed by atoms with Crippen molar-refractivity contribution in [2.24, 2.45) is 0 Å². The molecule has 1 unspecified atom stereocenters. The molecule has 0 fully saturated rings. The summed E-state index contributed by atoms with van der Waals surface area (Å²) in [4.78, 5) is 24.2. The lowest BCUT2D eigenvalue weighted by Gasteiger charge is -2.12. The van der Waals surface area contributed by atoms with Gasteiger partial charge in [-0.1, -0.05) is 78.9 Å². The van der Waals surface area contributed by atoms with Gasteiger partial charge in [0.15, 0.2) is 0 Å². The number of hydrogen-bond acceptors (Lipinski definition) is 3. The fourth-order valence-electron chi connectivity index (χ4n) is 3.42. The highest BCUT2D eigenvalue weighted by Crippen LogP contribution is 2.19. The molecule has 0 spiro atoms. The largest absolute Gasteiger partial charge is 0.459 e. The van der Waals surface area contributed by atoms with E-state index in [2.05, 4.69) is 36.5 Å². The zero-order valence-corrected chi connectivity index (χ0v) is 18.6. The minimum atomic E-state index is -0.494. The highest BCUT2D eigenvalue weighted by molar-refractivity contribution is 5.87. The van der Waals surface area contributed by atoms with Crippen molar-refractivity contribution in [3.05, 3.63) is 102 Å². The van der Waals surface area contributed by atoms with Crippen molar-refractivity contribution in [1.82, 2.24) is 5.32 Å². The zero-order chi connectivity index (χ0) is 22.8. The van der Waals surface area contributed by atoms with Crippen LogP contribution in [0.2, 0.25) is 0 Å². The van der Waals surface area contributed by atoms with Crippen LogP contribution in [0.5, 0.6) is 0 Å². The van der Waals surface area contributed by atoms with E-state index in [1.165, 1.54) is 17.2 Å². The maximum atomic E-state index is 12.1. The topological polar surface area (TPSA) is 55.4 Å². The predicted molar refractivity (Wildman–Crippen MR) is 129 cm³/mol. The third kappa shape index (κ3) is 7.24. The van der Waals surface area contributed by atoms with Crippen LogP contribution in [0.4, 0.5) is 0 Å². The normalized spacial score (nSPS) is 11.8. The second-order valence-electron chi connectivity index (χ2n) is 7.80. The molecule has 0 saturated carbocycles. The Morgan fingerprint density at radius 2 is 1.56 bits per heavy atom. The van der Waals surface area contributed by atoms with Gasteiger partial charge in [0, 0.05) is 12.6 Å². The van der Waals surface area contributed by atoms with Crippen LogP contribution in [0.15, 0.2) is 84.9 Å². The van der Waals surface area contributed by atoms with Crippen LogP contribution in [-0.4, -0.2) is 24.5 Å². The molecule has 3 aromatic rings. The second-order valence-corrected chi connectivity index (χ2v) is 7.80. The average molecular weight is 428 g/mol. The van der Waals surface area contributed by atoms with Crippen LogP contribution < -0.4 is 5.32 Å². The first kappa shape index (κ1) is 23.0. The molecule has 0 aliphatic rings. The van der Waals surface area contributed by atoms with Crippen molar-refractivity contribution < 1.29 is 14.3 Å². The summed E-state index contributed by atoms with van der Waals surface area (Å²) in [5.41, 5.74) is 5.60. The zero-order valence-electron chi connectivity index (χ0n) is 18.6. The van der Waals surface area contributed by atoms with Gasteiger partial charge in [-0.15, -0.1) is 0 Å². The summed E-state index contributed by atoms with van der Waals surface area (Å²) in [7, 11) is 0. The summed E-state index contributed by atoms with van der Waals surface area (Å²) >= 11 is 0. The van der Waals surface area contributed by atoms with E-state index in [1.807, 2.05) is 54.6 Å². The van der Waals surface area contributed by atoms with E-state index in [1.54, 1.807) is 13.0 Å². The Balaban J connectivity index is 1.40. The third-order valence-electron chi connectivity index (χ3n) is 5.20. The van der Waals surface area contributed by atoms with Crippen LogP contribution >= 0.6 is 0 Å². The van der Waals surface area contributed by atoms with Crippen molar-refractivity contribution in [3.63, 3.8) is 0 Å².